The second-order valence-corrected chi connectivity index (χ2v) is 5.11. The van der Waals surface area contributed by atoms with Gasteiger partial charge in [-0.25, -0.2) is 4.39 Å². The van der Waals surface area contributed by atoms with E-state index in [2.05, 4.69) is 0 Å². The van der Waals surface area contributed by atoms with E-state index in [1.165, 1.54) is 0 Å². The van der Waals surface area contributed by atoms with E-state index < -0.39 is 11.9 Å². The first-order chi connectivity index (χ1) is 10.1. The minimum atomic E-state index is -0.539. The van der Waals surface area contributed by atoms with Gasteiger partial charge in [-0.2, -0.15) is 0 Å². The molecule has 0 heterocycles. The number of aliphatic hydroxyl groups is 1. The quantitative estimate of drug-likeness (QED) is 0.871. The second-order valence-electron chi connectivity index (χ2n) is 4.70. The van der Waals surface area contributed by atoms with Gasteiger partial charge in [-0.3, -0.25) is 0 Å². The predicted octanol–water partition coefficient (Wildman–Crippen LogP) is 4.17. The molecule has 2 rings (SSSR count). The number of hydrogen-bond donors (Lipinski definition) is 2. The van der Waals surface area contributed by atoms with Gasteiger partial charge >= 0.3 is 0 Å². The Morgan fingerprint density at radius 1 is 1.24 bits per heavy atom. The zero-order valence-electron chi connectivity index (χ0n) is 11.6. The molecule has 0 unspecified atom stereocenters. The van der Waals surface area contributed by atoms with Crippen LogP contribution in [0.4, 0.5) is 4.39 Å². The zero-order valence-corrected chi connectivity index (χ0v) is 12.4. The number of benzene rings is 2. The number of nitrogens with two attached hydrogens (primary N) is 1. The van der Waals surface area contributed by atoms with E-state index in [4.69, 9.17) is 27.2 Å². The van der Waals surface area contributed by atoms with Crippen molar-refractivity contribution in [2.45, 2.75) is 26.0 Å². The summed E-state index contributed by atoms with van der Waals surface area (Å²) in [5, 5.41) is 9.18. The Bertz CT molecular complexity index is 616. The van der Waals surface area contributed by atoms with Crippen molar-refractivity contribution in [3.05, 3.63) is 58.4 Å². The Balaban J connectivity index is 2.33. The van der Waals surface area contributed by atoms with Crippen molar-refractivity contribution in [1.29, 1.82) is 0 Å². The number of rotatable bonds is 5. The highest BCUT2D eigenvalue weighted by Gasteiger charge is 2.18. The van der Waals surface area contributed by atoms with Gasteiger partial charge < -0.3 is 15.6 Å². The maximum atomic E-state index is 14.5. The lowest BCUT2D eigenvalue weighted by Crippen LogP contribution is -2.11. The minimum absolute atomic E-state index is 0.0326. The second kappa shape index (κ2) is 6.89. The molecule has 112 valence electrons. The van der Waals surface area contributed by atoms with Crippen molar-refractivity contribution in [2.75, 3.05) is 0 Å². The smallest absolute Gasteiger partial charge is 0.181 e. The molecule has 2 aromatic carbocycles. The van der Waals surface area contributed by atoms with Crippen LogP contribution in [0.5, 0.6) is 11.5 Å². The topological polar surface area (TPSA) is 55.5 Å². The first-order valence-electron chi connectivity index (χ1n) is 6.68. The Morgan fingerprint density at radius 2 is 1.90 bits per heavy atom. The van der Waals surface area contributed by atoms with E-state index in [-0.39, 0.29) is 17.4 Å². The van der Waals surface area contributed by atoms with Crippen molar-refractivity contribution in [2.24, 2.45) is 5.73 Å². The highest BCUT2D eigenvalue weighted by Crippen LogP contribution is 2.36. The molecule has 3 nitrogen and oxygen atoms in total. The van der Waals surface area contributed by atoms with Crippen LogP contribution in [-0.4, -0.2) is 5.11 Å². The summed E-state index contributed by atoms with van der Waals surface area (Å²) in [6, 6.07) is 9.44. The lowest BCUT2D eigenvalue weighted by atomic mass is 10.0. The number of hydrogen-bond acceptors (Lipinski definition) is 3. The summed E-state index contributed by atoms with van der Waals surface area (Å²) in [4.78, 5) is 0. The summed E-state index contributed by atoms with van der Waals surface area (Å²) in [7, 11) is 0. The van der Waals surface area contributed by atoms with Crippen molar-refractivity contribution in [1.82, 2.24) is 0 Å². The molecule has 1 atom stereocenters. The molecule has 21 heavy (non-hydrogen) atoms. The summed E-state index contributed by atoms with van der Waals surface area (Å²) in [6.45, 7) is 1.82. The maximum Gasteiger partial charge on any atom is 0.181 e. The summed E-state index contributed by atoms with van der Waals surface area (Å²) < 4.78 is 20.0. The molecular formula is C16H17ClFNO2. The summed E-state index contributed by atoms with van der Waals surface area (Å²) in [5.74, 6) is -0.131. The average molecular weight is 310 g/mol. The SMILES string of the molecule is CC[C@@H](N)c1ccc(Cl)c(Oc2ccc(CO)cc2)c1F. The summed E-state index contributed by atoms with van der Waals surface area (Å²) in [5.41, 5.74) is 7.00. The molecule has 0 saturated heterocycles. The maximum absolute atomic E-state index is 14.5. The standard InChI is InChI=1S/C16H17ClFNO2/c1-2-14(19)12-7-8-13(17)16(15(12)18)21-11-5-3-10(9-20)4-6-11/h3-8,14,20H,2,9,19H2,1H3/t14-/m1/s1. The predicted molar refractivity (Wildman–Crippen MR) is 81.1 cm³/mol. The van der Waals surface area contributed by atoms with Crippen LogP contribution in [0.1, 0.15) is 30.5 Å². The van der Waals surface area contributed by atoms with Crippen molar-refractivity contribution < 1.29 is 14.2 Å². The molecular weight excluding hydrogens is 293 g/mol. The van der Waals surface area contributed by atoms with E-state index in [9.17, 15) is 4.39 Å². The van der Waals surface area contributed by atoms with Crippen LogP contribution in [0.15, 0.2) is 36.4 Å². The third-order valence-corrected chi connectivity index (χ3v) is 3.54. The van der Waals surface area contributed by atoms with Gasteiger partial charge in [0, 0.05) is 11.6 Å². The van der Waals surface area contributed by atoms with Crippen molar-refractivity contribution in [3.63, 3.8) is 0 Å². The highest BCUT2D eigenvalue weighted by atomic mass is 35.5. The van der Waals surface area contributed by atoms with Gasteiger partial charge in [0.1, 0.15) is 5.75 Å². The van der Waals surface area contributed by atoms with Gasteiger partial charge in [-0.05, 0) is 30.2 Å². The lowest BCUT2D eigenvalue weighted by Gasteiger charge is -2.15. The third-order valence-electron chi connectivity index (χ3n) is 3.24. The summed E-state index contributed by atoms with van der Waals surface area (Å²) >= 11 is 6.01. The van der Waals surface area contributed by atoms with Gasteiger partial charge in [0.15, 0.2) is 11.6 Å². The number of halogens is 2. The first kappa shape index (κ1) is 15.8. The molecule has 0 radical (unpaired) electrons. The van der Waals surface area contributed by atoms with Gasteiger partial charge in [0.05, 0.1) is 11.6 Å². The van der Waals surface area contributed by atoms with Crippen molar-refractivity contribution in [3.8, 4) is 11.5 Å². The van der Waals surface area contributed by atoms with Crippen molar-refractivity contribution >= 4 is 11.6 Å². The Morgan fingerprint density at radius 3 is 2.48 bits per heavy atom. The summed E-state index contributed by atoms with van der Waals surface area (Å²) in [6.07, 6.45) is 0.614. The molecule has 0 aliphatic carbocycles. The molecule has 0 spiro atoms. The Kier molecular flexibility index (Phi) is 5.17. The van der Waals surface area contributed by atoms with E-state index in [1.54, 1.807) is 36.4 Å². The van der Waals surface area contributed by atoms with Crippen LogP contribution < -0.4 is 10.5 Å². The molecule has 3 N–H and O–H groups in total. The lowest BCUT2D eigenvalue weighted by molar-refractivity contribution is 0.281. The Hall–Kier alpha value is -1.62. The van der Waals surface area contributed by atoms with Crippen LogP contribution in [0, 0.1) is 5.82 Å². The van der Waals surface area contributed by atoms with E-state index in [0.717, 1.165) is 5.56 Å². The number of ether oxygens (including phenoxy) is 1. The van der Waals surface area contributed by atoms with Gasteiger partial charge in [-0.15, -0.1) is 0 Å². The Labute approximate surface area is 128 Å². The minimum Gasteiger partial charge on any atom is -0.453 e. The molecule has 5 heteroatoms. The molecule has 0 saturated carbocycles. The fourth-order valence-corrected chi connectivity index (χ4v) is 2.11. The molecule has 2 aromatic rings. The van der Waals surface area contributed by atoms with E-state index in [1.807, 2.05) is 6.92 Å². The van der Waals surface area contributed by atoms with Crippen LogP contribution in [-0.2, 0) is 6.61 Å². The van der Waals surface area contributed by atoms with Crippen LogP contribution in [0.25, 0.3) is 0 Å². The molecule has 0 amide bonds. The number of aliphatic hydroxyl groups excluding tert-OH is 1. The molecule has 0 fully saturated rings. The molecule has 0 aromatic heterocycles. The average Bonchev–Trinajstić information content (AvgIpc) is 2.51. The van der Waals surface area contributed by atoms with Gasteiger partial charge in [0.2, 0.25) is 0 Å². The normalized spacial score (nSPS) is 12.2. The first-order valence-corrected chi connectivity index (χ1v) is 7.05. The van der Waals surface area contributed by atoms with E-state index in [0.29, 0.717) is 17.7 Å². The highest BCUT2D eigenvalue weighted by molar-refractivity contribution is 6.32. The monoisotopic (exact) mass is 309 g/mol. The fraction of sp³-hybridized carbons (Fsp3) is 0.250. The molecule has 0 aliphatic heterocycles. The van der Waals surface area contributed by atoms with Gasteiger partial charge in [-0.1, -0.05) is 36.7 Å². The molecule has 0 aliphatic rings. The fourth-order valence-electron chi connectivity index (χ4n) is 1.93. The van der Waals surface area contributed by atoms with Crippen LogP contribution >= 0.6 is 11.6 Å². The third kappa shape index (κ3) is 3.53. The zero-order chi connectivity index (χ0) is 15.4. The van der Waals surface area contributed by atoms with Crippen LogP contribution in [0.3, 0.4) is 0 Å². The van der Waals surface area contributed by atoms with Gasteiger partial charge in [0.25, 0.3) is 0 Å². The largest absolute Gasteiger partial charge is 0.453 e. The van der Waals surface area contributed by atoms with Crippen LogP contribution in [0.2, 0.25) is 5.02 Å². The molecule has 0 bridgehead atoms. The van der Waals surface area contributed by atoms with E-state index >= 15 is 0 Å².